The first-order valence-electron chi connectivity index (χ1n) is 14.9. The molecule has 1 saturated carbocycles. The zero-order valence-corrected chi connectivity index (χ0v) is 26.1. The lowest BCUT2D eigenvalue weighted by Crippen LogP contribution is -2.49. The lowest BCUT2D eigenvalue weighted by Gasteiger charge is -2.44. The van der Waals surface area contributed by atoms with Crippen molar-refractivity contribution in [3.63, 3.8) is 0 Å². The minimum Gasteiger partial charge on any atom is -0.490 e. The van der Waals surface area contributed by atoms with Gasteiger partial charge in [0.2, 0.25) is 5.91 Å². The number of benzene rings is 2. The van der Waals surface area contributed by atoms with E-state index in [1.165, 1.54) is 18.2 Å². The fraction of sp³-hybridized carbons (Fsp3) is 0.562. The SMILES string of the molecule is COC(=O)c1ccc2c(c1)N(C[C@@H]1CC[C@H]1CNC(=O)CC(C)C(C)S(=O)O)C[C@@]1(CCCc3cc(Cl)ccc31)CO2. The first kappa shape index (κ1) is 30.8. The molecule has 5 rings (SSSR count). The van der Waals surface area contributed by atoms with Gasteiger partial charge in [0.15, 0.2) is 11.1 Å². The average Bonchev–Trinajstić information content (AvgIpc) is 3.11. The highest BCUT2D eigenvalue weighted by atomic mass is 35.5. The van der Waals surface area contributed by atoms with Crippen LogP contribution in [0.3, 0.4) is 0 Å². The summed E-state index contributed by atoms with van der Waals surface area (Å²) in [6.07, 6.45) is 5.35. The number of hydrogen-bond acceptors (Lipinski definition) is 6. The highest BCUT2D eigenvalue weighted by Gasteiger charge is 2.43. The Labute approximate surface area is 255 Å². The first-order chi connectivity index (χ1) is 20.1. The van der Waals surface area contributed by atoms with Crippen LogP contribution in [0.2, 0.25) is 5.02 Å². The largest absolute Gasteiger partial charge is 0.490 e. The molecular formula is C32H41ClN2O6S. The van der Waals surface area contributed by atoms with Gasteiger partial charge in [-0.2, -0.15) is 0 Å². The molecule has 3 unspecified atom stereocenters. The fourth-order valence-electron chi connectivity index (χ4n) is 6.76. The minimum atomic E-state index is -1.95. The predicted octanol–water partition coefficient (Wildman–Crippen LogP) is 5.38. The summed E-state index contributed by atoms with van der Waals surface area (Å²) >= 11 is 4.43. The molecule has 1 spiro atoms. The Hall–Kier alpha value is -2.62. The highest BCUT2D eigenvalue weighted by Crippen LogP contribution is 2.46. The molecule has 228 valence electrons. The molecule has 2 aliphatic carbocycles. The third-order valence-corrected chi connectivity index (χ3v) is 11.0. The number of halogens is 1. The Morgan fingerprint density at radius 3 is 2.71 bits per heavy atom. The number of amides is 1. The molecular weight excluding hydrogens is 576 g/mol. The van der Waals surface area contributed by atoms with Crippen LogP contribution in [-0.2, 0) is 32.4 Å². The van der Waals surface area contributed by atoms with Crippen molar-refractivity contribution in [1.82, 2.24) is 5.32 Å². The van der Waals surface area contributed by atoms with Gasteiger partial charge in [-0.3, -0.25) is 4.79 Å². The van der Waals surface area contributed by atoms with Gasteiger partial charge in [-0.1, -0.05) is 24.6 Å². The van der Waals surface area contributed by atoms with E-state index in [2.05, 4.69) is 22.3 Å². The summed E-state index contributed by atoms with van der Waals surface area (Å²) in [4.78, 5) is 27.5. The van der Waals surface area contributed by atoms with Crippen LogP contribution < -0.4 is 15.0 Å². The van der Waals surface area contributed by atoms with Gasteiger partial charge in [-0.25, -0.2) is 9.00 Å². The van der Waals surface area contributed by atoms with E-state index in [1.807, 2.05) is 25.1 Å². The molecule has 10 heteroatoms. The molecule has 1 aliphatic heterocycles. The molecule has 1 amide bonds. The van der Waals surface area contributed by atoms with Crippen molar-refractivity contribution >= 4 is 40.2 Å². The number of nitrogens with zero attached hydrogens (tertiary/aromatic N) is 1. The second-order valence-corrected chi connectivity index (χ2v) is 14.1. The second-order valence-electron chi connectivity index (χ2n) is 12.3. The monoisotopic (exact) mass is 616 g/mol. The van der Waals surface area contributed by atoms with Gasteiger partial charge in [0.05, 0.1) is 30.2 Å². The molecule has 2 N–H and O–H groups in total. The van der Waals surface area contributed by atoms with Gasteiger partial charge in [-0.15, -0.1) is 0 Å². The Kier molecular flexibility index (Phi) is 9.50. The maximum Gasteiger partial charge on any atom is 0.337 e. The average molecular weight is 617 g/mol. The standard InChI is InChI=1S/C32H41ClN2O6S/c1-20(21(2)42(38)39)13-30(36)34-16-24-6-7-25(24)17-35-18-32(12-4-5-22-14-26(33)9-10-27(22)32)19-41-29-11-8-23(15-28(29)35)31(37)40-3/h8-11,14-15,20-21,24-25H,4-7,12-13,16-19H2,1-3H3,(H,34,36)(H,38,39)/t20?,21?,24-,25-,32-/m0/s1. The van der Waals surface area contributed by atoms with Crippen molar-refractivity contribution in [3.8, 4) is 5.75 Å². The molecule has 6 atom stereocenters. The quantitative estimate of drug-likeness (QED) is 0.288. The number of carbonyl (C=O) groups is 2. The van der Waals surface area contributed by atoms with Crippen molar-refractivity contribution in [3.05, 3.63) is 58.1 Å². The van der Waals surface area contributed by atoms with E-state index in [-0.39, 0.29) is 29.6 Å². The lowest BCUT2D eigenvalue weighted by atomic mass is 9.69. The summed E-state index contributed by atoms with van der Waals surface area (Å²) in [5, 5.41) is 3.37. The molecule has 42 heavy (non-hydrogen) atoms. The number of rotatable bonds is 9. The van der Waals surface area contributed by atoms with Gasteiger partial charge >= 0.3 is 5.97 Å². The predicted molar refractivity (Wildman–Crippen MR) is 165 cm³/mol. The zero-order chi connectivity index (χ0) is 30.0. The summed E-state index contributed by atoms with van der Waals surface area (Å²) in [6.45, 7) is 6.18. The molecule has 2 aromatic rings. The normalized spacial score (nSPS) is 25.1. The summed E-state index contributed by atoms with van der Waals surface area (Å²) in [6, 6.07) is 11.7. The second kappa shape index (κ2) is 12.9. The minimum absolute atomic E-state index is 0.0851. The summed E-state index contributed by atoms with van der Waals surface area (Å²) in [7, 11) is 1.39. The number of aryl methyl sites for hydroxylation is 1. The van der Waals surface area contributed by atoms with Crippen molar-refractivity contribution in [2.45, 2.75) is 63.0 Å². The van der Waals surface area contributed by atoms with Crippen LogP contribution in [0.5, 0.6) is 5.75 Å². The van der Waals surface area contributed by atoms with E-state index in [9.17, 15) is 18.4 Å². The zero-order valence-electron chi connectivity index (χ0n) is 24.6. The lowest BCUT2D eigenvalue weighted by molar-refractivity contribution is -0.122. The first-order valence-corrected chi connectivity index (χ1v) is 16.4. The molecule has 1 fully saturated rings. The Morgan fingerprint density at radius 1 is 1.21 bits per heavy atom. The van der Waals surface area contributed by atoms with Gasteiger partial charge in [-0.05, 0) is 98.2 Å². The highest BCUT2D eigenvalue weighted by molar-refractivity contribution is 7.79. The molecule has 3 aliphatic rings. The molecule has 0 bridgehead atoms. The van der Waals surface area contributed by atoms with E-state index < -0.39 is 16.3 Å². The van der Waals surface area contributed by atoms with E-state index in [1.54, 1.807) is 13.0 Å². The van der Waals surface area contributed by atoms with Gasteiger partial charge < -0.3 is 24.2 Å². The smallest absolute Gasteiger partial charge is 0.337 e. The number of carbonyl (C=O) groups excluding carboxylic acids is 2. The van der Waals surface area contributed by atoms with Gasteiger partial charge in [0.1, 0.15) is 5.75 Å². The number of anilines is 1. The number of methoxy groups -OCH3 is 1. The van der Waals surface area contributed by atoms with Gasteiger partial charge in [0.25, 0.3) is 0 Å². The maximum atomic E-state index is 12.6. The summed E-state index contributed by atoms with van der Waals surface area (Å²) in [5.74, 6) is 0.803. The van der Waals surface area contributed by atoms with Crippen LogP contribution in [0.4, 0.5) is 5.69 Å². The summed E-state index contributed by atoms with van der Waals surface area (Å²) in [5.41, 5.74) is 3.73. The van der Waals surface area contributed by atoms with Crippen molar-refractivity contribution in [2.75, 3.05) is 38.3 Å². The van der Waals surface area contributed by atoms with Crippen LogP contribution in [-0.4, -0.2) is 59.2 Å². The van der Waals surface area contributed by atoms with E-state index in [0.717, 1.165) is 61.7 Å². The summed E-state index contributed by atoms with van der Waals surface area (Å²) < 4.78 is 32.3. The Bertz CT molecular complexity index is 1350. The molecule has 2 aromatic carbocycles. The number of ether oxygens (including phenoxy) is 2. The van der Waals surface area contributed by atoms with Gasteiger partial charge in [0, 0.05) is 36.5 Å². The Morgan fingerprint density at radius 2 is 2.00 bits per heavy atom. The van der Waals surface area contributed by atoms with E-state index in [0.29, 0.717) is 30.6 Å². The molecule has 0 radical (unpaired) electrons. The van der Waals surface area contributed by atoms with Crippen LogP contribution >= 0.6 is 11.6 Å². The topological polar surface area (TPSA) is 105 Å². The van der Waals surface area contributed by atoms with Crippen LogP contribution in [0.1, 0.15) is 67.4 Å². The third-order valence-electron chi connectivity index (χ3n) is 9.68. The fourth-order valence-corrected chi connectivity index (χ4v) is 7.45. The van der Waals surface area contributed by atoms with E-state index in [4.69, 9.17) is 21.1 Å². The number of esters is 1. The van der Waals surface area contributed by atoms with Crippen LogP contribution in [0.25, 0.3) is 0 Å². The third kappa shape index (κ3) is 6.48. The van der Waals surface area contributed by atoms with E-state index >= 15 is 0 Å². The maximum absolute atomic E-state index is 12.6. The van der Waals surface area contributed by atoms with Crippen LogP contribution in [0.15, 0.2) is 36.4 Å². The van der Waals surface area contributed by atoms with Crippen molar-refractivity contribution < 1.29 is 27.8 Å². The molecule has 0 aromatic heterocycles. The Balaban J connectivity index is 1.36. The van der Waals surface area contributed by atoms with Crippen molar-refractivity contribution in [1.29, 1.82) is 0 Å². The molecule has 8 nitrogen and oxygen atoms in total. The molecule has 0 saturated heterocycles. The number of nitrogens with one attached hydrogen (secondary N) is 1. The van der Waals surface area contributed by atoms with Crippen LogP contribution in [0, 0.1) is 17.8 Å². The number of hydrogen-bond donors (Lipinski definition) is 2. The molecule has 1 heterocycles. The number of fused-ring (bicyclic) bond motifs is 3. The van der Waals surface area contributed by atoms with Crippen molar-refractivity contribution in [2.24, 2.45) is 17.8 Å².